The summed E-state index contributed by atoms with van der Waals surface area (Å²) in [6.45, 7) is 4.67. The topological polar surface area (TPSA) is 48.7 Å². The van der Waals surface area contributed by atoms with Crippen LogP contribution in [0.5, 0.6) is 11.5 Å². The highest BCUT2D eigenvalue weighted by Gasteiger charge is 2.14. The van der Waals surface area contributed by atoms with Crippen molar-refractivity contribution in [3.8, 4) is 11.5 Å². The van der Waals surface area contributed by atoms with Crippen LogP contribution in [0.25, 0.3) is 0 Å². The lowest BCUT2D eigenvalue weighted by molar-refractivity contribution is 0.109. The molecule has 0 aromatic carbocycles. The van der Waals surface area contributed by atoms with Gasteiger partial charge in [-0.2, -0.15) is 0 Å². The molecule has 0 aliphatic rings. The first-order valence-corrected chi connectivity index (χ1v) is 4.15. The number of furan rings is 1. The molecule has 0 fully saturated rings. The van der Waals surface area contributed by atoms with E-state index in [1.807, 2.05) is 13.8 Å². The van der Waals surface area contributed by atoms with Gasteiger partial charge in [-0.1, -0.05) is 0 Å². The second-order valence-corrected chi connectivity index (χ2v) is 2.28. The maximum absolute atomic E-state index is 10.5. The molecule has 72 valence electrons. The van der Waals surface area contributed by atoms with Gasteiger partial charge in [0.1, 0.15) is 6.26 Å². The van der Waals surface area contributed by atoms with Gasteiger partial charge in [-0.3, -0.25) is 4.79 Å². The predicted molar refractivity (Wildman–Crippen MR) is 46.4 cm³/mol. The number of hydrogen-bond donors (Lipinski definition) is 0. The highest BCUT2D eigenvalue weighted by Crippen LogP contribution is 2.32. The van der Waals surface area contributed by atoms with Gasteiger partial charge >= 0.3 is 0 Å². The molecule has 0 bridgehead atoms. The molecule has 13 heavy (non-hydrogen) atoms. The van der Waals surface area contributed by atoms with Gasteiger partial charge in [0.25, 0.3) is 0 Å². The Labute approximate surface area is 76.4 Å². The van der Waals surface area contributed by atoms with Crippen molar-refractivity contribution in [3.63, 3.8) is 0 Å². The van der Waals surface area contributed by atoms with Gasteiger partial charge < -0.3 is 13.9 Å². The molecule has 0 atom stereocenters. The largest absolute Gasteiger partial charge is 0.487 e. The van der Waals surface area contributed by atoms with E-state index < -0.39 is 0 Å². The highest BCUT2D eigenvalue weighted by atomic mass is 16.5. The molecule has 0 aliphatic carbocycles. The van der Waals surface area contributed by atoms with Gasteiger partial charge in [0, 0.05) is 0 Å². The fraction of sp³-hybridized carbons (Fsp3) is 0.444. The molecule has 0 saturated carbocycles. The number of carbonyl (C=O) groups is 1. The molecule has 0 unspecified atom stereocenters. The SMILES string of the molecule is CCOc1coc(C=O)c1OCC. The molecular formula is C9H12O4. The lowest BCUT2D eigenvalue weighted by Gasteiger charge is -2.03. The van der Waals surface area contributed by atoms with Gasteiger partial charge in [0.15, 0.2) is 6.29 Å². The lowest BCUT2D eigenvalue weighted by atomic mass is 10.4. The summed E-state index contributed by atoms with van der Waals surface area (Å²) in [5, 5.41) is 0. The van der Waals surface area contributed by atoms with E-state index in [2.05, 4.69) is 0 Å². The van der Waals surface area contributed by atoms with E-state index in [0.717, 1.165) is 0 Å². The van der Waals surface area contributed by atoms with Crippen LogP contribution in [-0.4, -0.2) is 19.5 Å². The zero-order valence-corrected chi connectivity index (χ0v) is 7.70. The maximum Gasteiger partial charge on any atom is 0.212 e. The van der Waals surface area contributed by atoms with Gasteiger partial charge in [-0.05, 0) is 13.8 Å². The first kappa shape index (κ1) is 9.64. The Bertz CT molecular complexity index is 277. The minimum absolute atomic E-state index is 0.172. The first-order valence-electron chi connectivity index (χ1n) is 4.15. The predicted octanol–water partition coefficient (Wildman–Crippen LogP) is 1.89. The zero-order valence-electron chi connectivity index (χ0n) is 7.70. The molecular weight excluding hydrogens is 172 g/mol. The Morgan fingerprint density at radius 2 is 2.08 bits per heavy atom. The Kier molecular flexibility index (Phi) is 3.37. The molecule has 0 amide bonds. The Hall–Kier alpha value is -1.45. The van der Waals surface area contributed by atoms with Crippen molar-refractivity contribution in [2.75, 3.05) is 13.2 Å². The average Bonchev–Trinajstić information content (AvgIpc) is 2.50. The summed E-state index contributed by atoms with van der Waals surface area (Å²) in [7, 11) is 0. The molecule has 1 rings (SSSR count). The van der Waals surface area contributed by atoms with Crippen molar-refractivity contribution < 1.29 is 18.7 Å². The van der Waals surface area contributed by atoms with Gasteiger partial charge in [-0.15, -0.1) is 0 Å². The second-order valence-electron chi connectivity index (χ2n) is 2.28. The number of rotatable bonds is 5. The van der Waals surface area contributed by atoms with E-state index in [9.17, 15) is 4.79 Å². The van der Waals surface area contributed by atoms with E-state index in [4.69, 9.17) is 13.9 Å². The summed E-state index contributed by atoms with van der Waals surface area (Å²) in [6, 6.07) is 0. The molecule has 4 heteroatoms. The summed E-state index contributed by atoms with van der Waals surface area (Å²) in [4.78, 5) is 10.5. The van der Waals surface area contributed by atoms with E-state index in [1.165, 1.54) is 6.26 Å². The van der Waals surface area contributed by atoms with E-state index >= 15 is 0 Å². The van der Waals surface area contributed by atoms with Gasteiger partial charge in [0.2, 0.25) is 17.3 Å². The summed E-state index contributed by atoms with van der Waals surface area (Å²) in [6.07, 6.45) is 1.98. The van der Waals surface area contributed by atoms with Crippen LogP contribution in [0.4, 0.5) is 0 Å². The quantitative estimate of drug-likeness (QED) is 0.655. The fourth-order valence-electron chi connectivity index (χ4n) is 0.968. The first-order chi connectivity index (χ1) is 6.33. The van der Waals surface area contributed by atoms with Crippen LogP contribution >= 0.6 is 0 Å². The van der Waals surface area contributed by atoms with Crippen molar-refractivity contribution >= 4 is 6.29 Å². The zero-order chi connectivity index (χ0) is 9.68. The number of ether oxygens (including phenoxy) is 2. The van der Waals surface area contributed by atoms with Crippen molar-refractivity contribution in [2.45, 2.75) is 13.8 Å². The number of hydrogen-bond acceptors (Lipinski definition) is 4. The summed E-state index contributed by atoms with van der Waals surface area (Å²) in [5.41, 5.74) is 0. The minimum atomic E-state index is 0.172. The molecule has 0 radical (unpaired) electrons. The third-order valence-corrected chi connectivity index (χ3v) is 1.44. The molecule has 1 heterocycles. The minimum Gasteiger partial charge on any atom is -0.487 e. The summed E-state index contributed by atoms with van der Waals surface area (Å²) < 4.78 is 15.3. The molecule has 0 N–H and O–H groups in total. The molecule has 1 aromatic rings. The Morgan fingerprint density at radius 1 is 1.38 bits per heavy atom. The third-order valence-electron chi connectivity index (χ3n) is 1.44. The molecule has 0 saturated heterocycles. The van der Waals surface area contributed by atoms with Crippen LogP contribution in [0.2, 0.25) is 0 Å². The van der Waals surface area contributed by atoms with Crippen LogP contribution in [0.15, 0.2) is 10.7 Å². The van der Waals surface area contributed by atoms with Crippen molar-refractivity contribution in [1.29, 1.82) is 0 Å². The normalized spacial score (nSPS) is 9.69. The standard InChI is InChI=1S/C9H12O4/c1-3-11-8-6-13-7(5-10)9(8)12-4-2/h5-6H,3-4H2,1-2H3. The van der Waals surface area contributed by atoms with E-state index in [-0.39, 0.29) is 5.76 Å². The number of aldehydes is 1. The molecule has 1 aromatic heterocycles. The average molecular weight is 184 g/mol. The van der Waals surface area contributed by atoms with Crippen LogP contribution in [-0.2, 0) is 0 Å². The van der Waals surface area contributed by atoms with Crippen molar-refractivity contribution in [3.05, 3.63) is 12.0 Å². The van der Waals surface area contributed by atoms with Gasteiger partial charge in [0.05, 0.1) is 13.2 Å². The highest BCUT2D eigenvalue weighted by molar-refractivity contribution is 5.77. The third kappa shape index (κ3) is 2.02. The monoisotopic (exact) mass is 184 g/mol. The second kappa shape index (κ2) is 4.54. The fourth-order valence-corrected chi connectivity index (χ4v) is 0.968. The Morgan fingerprint density at radius 3 is 2.62 bits per heavy atom. The van der Waals surface area contributed by atoms with Crippen LogP contribution in [0.1, 0.15) is 24.4 Å². The molecule has 0 spiro atoms. The van der Waals surface area contributed by atoms with E-state index in [1.54, 1.807) is 0 Å². The smallest absolute Gasteiger partial charge is 0.212 e. The lowest BCUT2D eigenvalue weighted by Crippen LogP contribution is -1.97. The van der Waals surface area contributed by atoms with Crippen LogP contribution < -0.4 is 9.47 Å². The number of carbonyl (C=O) groups excluding carboxylic acids is 1. The van der Waals surface area contributed by atoms with E-state index in [0.29, 0.717) is 31.0 Å². The van der Waals surface area contributed by atoms with Gasteiger partial charge in [-0.25, -0.2) is 0 Å². The van der Waals surface area contributed by atoms with Crippen molar-refractivity contribution in [2.24, 2.45) is 0 Å². The summed E-state index contributed by atoms with van der Waals surface area (Å²) >= 11 is 0. The van der Waals surface area contributed by atoms with Crippen molar-refractivity contribution in [1.82, 2.24) is 0 Å². The van der Waals surface area contributed by atoms with Crippen LogP contribution in [0, 0.1) is 0 Å². The molecule has 0 aliphatic heterocycles. The maximum atomic E-state index is 10.5. The Balaban J connectivity index is 2.91. The summed E-state index contributed by atoms with van der Waals surface area (Å²) in [5.74, 6) is 1.04. The molecule has 4 nitrogen and oxygen atoms in total. The van der Waals surface area contributed by atoms with Crippen LogP contribution in [0.3, 0.4) is 0 Å².